The summed E-state index contributed by atoms with van der Waals surface area (Å²) in [6, 6.07) is 6.11. The predicted octanol–water partition coefficient (Wildman–Crippen LogP) is 2.50. The summed E-state index contributed by atoms with van der Waals surface area (Å²) in [5.74, 6) is -0.907. The first-order valence-corrected chi connectivity index (χ1v) is 9.55. The molecule has 30 heavy (non-hydrogen) atoms. The van der Waals surface area contributed by atoms with Crippen molar-refractivity contribution < 1.29 is 13.9 Å². The topological polar surface area (TPSA) is 133 Å². The van der Waals surface area contributed by atoms with Crippen molar-refractivity contribution in [2.24, 2.45) is 18.5 Å². The molecule has 0 aliphatic carbocycles. The van der Waals surface area contributed by atoms with Crippen LogP contribution in [0.15, 0.2) is 24.3 Å². The molecule has 1 aromatic carbocycles. The number of primary amides is 1. The van der Waals surface area contributed by atoms with Gasteiger partial charge in [0.2, 0.25) is 5.88 Å². The molecule has 2 heterocycles. The van der Waals surface area contributed by atoms with E-state index in [1.54, 1.807) is 16.8 Å². The second kappa shape index (κ2) is 8.54. The Bertz CT molecular complexity index is 1080. The van der Waals surface area contributed by atoms with Crippen molar-refractivity contribution in [3.8, 4) is 5.88 Å². The second-order valence-corrected chi connectivity index (χ2v) is 7.07. The number of hydrogen-bond donors (Lipinski definition) is 4. The van der Waals surface area contributed by atoms with Gasteiger partial charge in [-0.3, -0.25) is 9.48 Å². The molecule has 2 aromatic heterocycles. The molecule has 10 heteroatoms. The number of nitrogens with two attached hydrogens (primary N) is 2. The summed E-state index contributed by atoms with van der Waals surface area (Å²) in [6.45, 7) is 3.78. The molecule has 1 amide bonds. The molecule has 0 radical (unpaired) electrons. The molecule has 6 N–H and O–H groups in total. The van der Waals surface area contributed by atoms with E-state index in [9.17, 15) is 9.18 Å². The van der Waals surface area contributed by atoms with Crippen LogP contribution in [-0.4, -0.2) is 39.9 Å². The van der Waals surface area contributed by atoms with Crippen LogP contribution in [0.1, 0.15) is 30.6 Å². The maximum absolute atomic E-state index is 14.5. The van der Waals surface area contributed by atoms with Crippen molar-refractivity contribution in [1.82, 2.24) is 14.8 Å². The van der Waals surface area contributed by atoms with Crippen molar-refractivity contribution >= 4 is 34.1 Å². The van der Waals surface area contributed by atoms with Crippen molar-refractivity contribution in [3.05, 3.63) is 35.6 Å². The van der Waals surface area contributed by atoms with E-state index in [0.29, 0.717) is 18.0 Å². The number of nitrogens with zero attached hydrogens (tertiary/aromatic N) is 3. The summed E-state index contributed by atoms with van der Waals surface area (Å²) < 4.78 is 21.5. The molecule has 0 spiro atoms. The van der Waals surface area contributed by atoms with Crippen molar-refractivity contribution in [3.63, 3.8) is 0 Å². The van der Waals surface area contributed by atoms with E-state index >= 15 is 0 Å². The summed E-state index contributed by atoms with van der Waals surface area (Å²) >= 11 is 0. The Kier molecular flexibility index (Phi) is 6.06. The average molecular weight is 415 g/mol. The van der Waals surface area contributed by atoms with Gasteiger partial charge in [0.15, 0.2) is 11.6 Å². The first-order valence-electron chi connectivity index (χ1n) is 9.55. The number of aryl methyl sites for hydroxylation is 1. The lowest BCUT2D eigenvalue weighted by atomic mass is 10.1. The molecule has 3 rings (SSSR count). The third-order valence-corrected chi connectivity index (χ3v) is 4.99. The number of carbonyl (C=O) groups excluding carboxylic acids is 1. The Labute approximate surface area is 173 Å². The first-order chi connectivity index (χ1) is 14.2. The molecular weight excluding hydrogens is 389 g/mol. The molecule has 0 fully saturated rings. The number of rotatable bonds is 8. The number of methoxy groups -OCH3 is 1. The summed E-state index contributed by atoms with van der Waals surface area (Å²) in [4.78, 5) is 16.1. The minimum Gasteiger partial charge on any atom is -0.479 e. The van der Waals surface area contributed by atoms with Gasteiger partial charge in [-0.2, -0.15) is 0 Å². The van der Waals surface area contributed by atoms with Crippen LogP contribution in [0.2, 0.25) is 0 Å². The first kappa shape index (κ1) is 21.3. The molecule has 2 atom stereocenters. The molecule has 0 bridgehead atoms. The Morgan fingerprint density at radius 1 is 1.33 bits per heavy atom. The van der Waals surface area contributed by atoms with Gasteiger partial charge in [-0.15, -0.1) is 5.10 Å². The van der Waals surface area contributed by atoms with Crippen LogP contribution >= 0.6 is 0 Å². The van der Waals surface area contributed by atoms with Gasteiger partial charge in [-0.05, 0) is 37.6 Å². The molecule has 0 saturated heterocycles. The van der Waals surface area contributed by atoms with E-state index in [-0.39, 0.29) is 29.3 Å². The second-order valence-electron chi connectivity index (χ2n) is 7.07. The fourth-order valence-corrected chi connectivity index (χ4v) is 3.15. The number of aromatic nitrogens is 3. The van der Waals surface area contributed by atoms with Gasteiger partial charge < -0.3 is 26.8 Å². The quantitative estimate of drug-likeness (QED) is 0.444. The number of pyridine rings is 1. The Morgan fingerprint density at radius 2 is 2.07 bits per heavy atom. The van der Waals surface area contributed by atoms with Crippen LogP contribution in [0.5, 0.6) is 5.88 Å². The number of halogens is 1. The number of anilines is 3. The van der Waals surface area contributed by atoms with E-state index in [1.165, 1.54) is 7.11 Å². The van der Waals surface area contributed by atoms with E-state index in [4.69, 9.17) is 16.2 Å². The van der Waals surface area contributed by atoms with Crippen LogP contribution in [0.25, 0.3) is 10.9 Å². The smallest absolute Gasteiger partial charge is 0.252 e. The minimum atomic E-state index is -0.797. The number of fused-ring (bicyclic) bond motifs is 1. The number of hydrogen-bond acceptors (Lipinski definition) is 7. The molecule has 0 aliphatic heterocycles. The van der Waals surface area contributed by atoms with Gasteiger partial charge in [0, 0.05) is 24.8 Å². The van der Waals surface area contributed by atoms with Crippen molar-refractivity contribution in [1.29, 1.82) is 0 Å². The van der Waals surface area contributed by atoms with Crippen molar-refractivity contribution in [2.75, 3.05) is 17.7 Å². The third kappa shape index (κ3) is 4.13. The fraction of sp³-hybridized carbons (Fsp3) is 0.350. The number of ether oxygens (including phenoxy) is 1. The van der Waals surface area contributed by atoms with Gasteiger partial charge in [0.1, 0.15) is 5.82 Å². The van der Waals surface area contributed by atoms with Crippen LogP contribution < -0.4 is 26.8 Å². The monoisotopic (exact) mass is 415 g/mol. The number of benzene rings is 1. The zero-order chi connectivity index (χ0) is 22.0. The summed E-state index contributed by atoms with van der Waals surface area (Å²) in [5, 5.41) is 11.1. The van der Waals surface area contributed by atoms with Gasteiger partial charge in [0.25, 0.3) is 5.91 Å². The fourth-order valence-electron chi connectivity index (χ4n) is 3.15. The summed E-state index contributed by atoms with van der Waals surface area (Å²) in [7, 11) is 3.35. The summed E-state index contributed by atoms with van der Waals surface area (Å²) in [5.41, 5.74) is 12.9. The standard InChI is InChI=1S/C20H26FN7O2/c1-5-15(22)10(2)24-19-14(21)9-13(17(23)29)18(26-19)25-11-6-7-16-12(8-11)20(30-4)27-28(16)3/h6-10,15H,5,22H2,1-4H3,(H2,23,29)(H2,24,25,26)/t10-,15+/m1/s1. The zero-order valence-electron chi connectivity index (χ0n) is 17.4. The highest BCUT2D eigenvalue weighted by Crippen LogP contribution is 2.30. The summed E-state index contributed by atoms with van der Waals surface area (Å²) in [6.07, 6.45) is 0.715. The van der Waals surface area contributed by atoms with Gasteiger partial charge >= 0.3 is 0 Å². The Hall–Kier alpha value is -3.40. The van der Waals surface area contributed by atoms with E-state index < -0.39 is 11.7 Å². The Morgan fingerprint density at radius 3 is 2.70 bits per heavy atom. The average Bonchev–Trinajstić information content (AvgIpc) is 3.04. The van der Waals surface area contributed by atoms with Gasteiger partial charge in [-0.1, -0.05) is 6.92 Å². The molecule has 9 nitrogen and oxygen atoms in total. The maximum Gasteiger partial charge on any atom is 0.252 e. The Balaban J connectivity index is 2.00. The zero-order valence-corrected chi connectivity index (χ0v) is 17.4. The number of nitrogens with one attached hydrogen (secondary N) is 2. The number of carbonyl (C=O) groups is 1. The lowest BCUT2D eigenvalue weighted by Gasteiger charge is -2.21. The van der Waals surface area contributed by atoms with Crippen molar-refractivity contribution in [2.45, 2.75) is 32.4 Å². The highest BCUT2D eigenvalue weighted by atomic mass is 19.1. The van der Waals surface area contributed by atoms with E-state index in [2.05, 4.69) is 20.7 Å². The van der Waals surface area contributed by atoms with Gasteiger partial charge in [-0.25, -0.2) is 9.37 Å². The predicted molar refractivity (Wildman–Crippen MR) is 115 cm³/mol. The van der Waals surface area contributed by atoms with Crippen LogP contribution in [0.3, 0.4) is 0 Å². The number of amides is 1. The molecule has 0 aliphatic rings. The van der Waals surface area contributed by atoms with E-state index in [1.807, 2.05) is 27.0 Å². The van der Waals surface area contributed by atoms with Crippen LogP contribution in [0, 0.1) is 5.82 Å². The molecule has 160 valence electrons. The molecular formula is C20H26FN7O2. The van der Waals surface area contributed by atoms with E-state index in [0.717, 1.165) is 17.0 Å². The minimum absolute atomic E-state index is 0.0149. The SMILES string of the molecule is CC[C@H](N)[C@@H](C)Nc1nc(Nc2ccc3c(c2)c(OC)nn3C)c(C(N)=O)cc1F. The molecule has 0 saturated carbocycles. The highest BCUT2D eigenvalue weighted by molar-refractivity contribution is 5.99. The molecule has 3 aromatic rings. The highest BCUT2D eigenvalue weighted by Gasteiger charge is 2.19. The normalized spacial score (nSPS) is 13.1. The molecule has 0 unspecified atom stereocenters. The third-order valence-electron chi connectivity index (χ3n) is 4.99. The van der Waals surface area contributed by atoms with Gasteiger partial charge in [0.05, 0.1) is 23.6 Å². The lowest BCUT2D eigenvalue weighted by Crippen LogP contribution is -2.38. The van der Waals surface area contributed by atoms with Crippen LogP contribution in [0.4, 0.5) is 21.7 Å². The van der Waals surface area contributed by atoms with Crippen LogP contribution in [-0.2, 0) is 7.05 Å². The maximum atomic E-state index is 14.5. The lowest BCUT2D eigenvalue weighted by molar-refractivity contribution is 0.100. The largest absolute Gasteiger partial charge is 0.479 e.